The van der Waals surface area contributed by atoms with Gasteiger partial charge in [-0.05, 0) is 55.2 Å². The molecule has 9 heteroatoms. The predicted octanol–water partition coefficient (Wildman–Crippen LogP) is 4.94. The van der Waals surface area contributed by atoms with Gasteiger partial charge in [0.1, 0.15) is 12.4 Å². The van der Waals surface area contributed by atoms with Crippen LogP contribution in [-0.4, -0.2) is 54.2 Å². The van der Waals surface area contributed by atoms with Crippen molar-refractivity contribution in [2.24, 2.45) is 0 Å². The van der Waals surface area contributed by atoms with Crippen LogP contribution in [0.3, 0.4) is 0 Å². The van der Waals surface area contributed by atoms with E-state index in [4.69, 9.17) is 14.6 Å². The molecule has 0 saturated heterocycles. The molecule has 206 valence electrons. The van der Waals surface area contributed by atoms with E-state index in [1.165, 1.54) is 0 Å². The second-order valence-corrected chi connectivity index (χ2v) is 12.3. The molecule has 0 unspecified atom stereocenters. The molecule has 1 atom stereocenters. The number of amides is 2. The molecule has 1 N–H and O–H groups in total. The third-order valence-electron chi connectivity index (χ3n) is 7.00. The van der Waals surface area contributed by atoms with Crippen LogP contribution < -0.4 is 19.7 Å². The summed E-state index contributed by atoms with van der Waals surface area (Å²) in [6.07, 6.45) is 1.97. The average Bonchev–Trinajstić information content (AvgIpc) is 3.64. The minimum atomic E-state index is -0.330. The molecule has 2 heterocycles. The number of aromatic nitrogens is 2. The van der Waals surface area contributed by atoms with Crippen molar-refractivity contribution in [3.8, 4) is 17.2 Å². The van der Waals surface area contributed by atoms with E-state index in [0.29, 0.717) is 17.3 Å². The van der Waals surface area contributed by atoms with E-state index >= 15 is 0 Å². The molecule has 2 aliphatic rings. The van der Waals surface area contributed by atoms with Crippen molar-refractivity contribution in [3.05, 3.63) is 64.8 Å². The van der Waals surface area contributed by atoms with Crippen LogP contribution in [0.1, 0.15) is 61.2 Å². The van der Waals surface area contributed by atoms with Gasteiger partial charge in [0.15, 0.2) is 11.5 Å². The van der Waals surface area contributed by atoms with Gasteiger partial charge in [-0.15, -0.1) is 11.8 Å². The summed E-state index contributed by atoms with van der Waals surface area (Å²) in [7, 11) is 3.23. The molecule has 0 radical (unpaired) electrons. The normalized spacial score (nSPS) is 17.4. The fourth-order valence-electron chi connectivity index (χ4n) is 4.94. The van der Waals surface area contributed by atoms with Gasteiger partial charge in [-0.3, -0.25) is 14.5 Å². The quantitative estimate of drug-likeness (QED) is 0.450. The maximum atomic E-state index is 13.8. The van der Waals surface area contributed by atoms with E-state index in [1.807, 2.05) is 48.0 Å². The lowest BCUT2D eigenvalue weighted by molar-refractivity contribution is -0.123. The summed E-state index contributed by atoms with van der Waals surface area (Å²) < 4.78 is 13.0. The summed E-state index contributed by atoms with van der Waals surface area (Å²) in [5, 5.41) is 7.99. The first-order valence-electron chi connectivity index (χ1n) is 13.2. The number of thioether (sulfide) groups is 1. The molecule has 39 heavy (non-hydrogen) atoms. The number of anilines is 1. The lowest BCUT2D eigenvalue weighted by atomic mass is 9.87. The van der Waals surface area contributed by atoms with Crippen molar-refractivity contribution >= 4 is 29.4 Å². The topological polar surface area (TPSA) is 85.7 Å². The molecular formula is C30H36N4O4S. The smallest absolute Gasteiger partial charge is 0.240 e. The van der Waals surface area contributed by atoms with Crippen molar-refractivity contribution in [2.45, 2.75) is 57.2 Å². The zero-order chi connectivity index (χ0) is 27.9. The van der Waals surface area contributed by atoms with E-state index in [2.05, 4.69) is 32.2 Å². The first-order chi connectivity index (χ1) is 18.6. The Balaban J connectivity index is 1.75. The highest BCUT2D eigenvalue weighted by Crippen LogP contribution is 2.49. The Bertz CT molecular complexity index is 1410. The third-order valence-corrected chi connectivity index (χ3v) is 8.26. The van der Waals surface area contributed by atoms with Crippen LogP contribution in [0.25, 0.3) is 5.69 Å². The molecule has 0 spiro atoms. The summed E-state index contributed by atoms with van der Waals surface area (Å²) in [6.45, 7) is 8.36. The number of carbonyl (C=O) groups is 2. The van der Waals surface area contributed by atoms with E-state index in [9.17, 15) is 9.59 Å². The van der Waals surface area contributed by atoms with Crippen LogP contribution in [0.5, 0.6) is 11.5 Å². The Kier molecular flexibility index (Phi) is 7.37. The van der Waals surface area contributed by atoms with Crippen molar-refractivity contribution in [1.29, 1.82) is 0 Å². The Morgan fingerprint density at radius 1 is 1.10 bits per heavy atom. The Hall–Kier alpha value is -3.46. The van der Waals surface area contributed by atoms with Crippen LogP contribution in [-0.2, 0) is 15.0 Å². The number of rotatable bonds is 7. The number of benzene rings is 2. The van der Waals surface area contributed by atoms with Crippen LogP contribution in [0.2, 0.25) is 0 Å². The lowest BCUT2D eigenvalue weighted by Gasteiger charge is -2.25. The number of aryl methyl sites for hydroxylation is 1. The van der Waals surface area contributed by atoms with Gasteiger partial charge in [0.2, 0.25) is 11.8 Å². The van der Waals surface area contributed by atoms with Gasteiger partial charge >= 0.3 is 0 Å². The number of nitrogens with zero attached hydrogens (tertiary/aromatic N) is 3. The Morgan fingerprint density at radius 2 is 1.85 bits per heavy atom. The first kappa shape index (κ1) is 27.1. The molecule has 1 saturated carbocycles. The second kappa shape index (κ2) is 10.6. The van der Waals surface area contributed by atoms with Gasteiger partial charge < -0.3 is 14.8 Å². The zero-order valence-corrected chi connectivity index (χ0v) is 24.2. The monoisotopic (exact) mass is 548 g/mol. The van der Waals surface area contributed by atoms with Crippen LogP contribution in [0.15, 0.2) is 42.5 Å². The van der Waals surface area contributed by atoms with Crippen LogP contribution in [0, 0.1) is 6.92 Å². The number of nitrogens with one attached hydrogen (secondary N) is 1. The molecule has 1 aliphatic carbocycles. The second-order valence-electron chi connectivity index (χ2n) is 11.2. The summed E-state index contributed by atoms with van der Waals surface area (Å²) in [4.78, 5) is 28.5. The van der Waals surface area contributed by atoms with Crippen LogP contribution in [0.4, 0.5) is 5.82 Å². The van der Waals surface area contributed by atoms with Gasteiger partial charge in [0.25, 0.3) is 0 Å². The van der Waals surface area contributed by atoms with Crippen LogP contribution >= 0.6 is 11.8 Å². The van der Waals surface area contributed by atoms with Gasteiger partial charge in [-0.25, -0.2) is 4.68 Å². The Morgan fingerprint density at radius 3 is 2.49 bits per heavy atom. The van der Waals surface area contributed by atoms with E-state index < -0.39 is 0 Å². The fourth-order valence-corrected chi connectivity index (χ4v) is 6.12. The van der Waals surface area contributed by atoms with Gasteiger partial charge in [-0.2, -0.15) is 5.10 Å². The number of methoxy groups -OCH3 is 2. The number of carbonyl (C=O) groups excluding carboxylic acids is 2. The molecule has 2 amide bonds. The van der Waals surface area contributed by atoms with E-state index in [0.717, 1.165) is 40.9 Å². The van der Waals surface area contributed by atoms with Gasteiger partial charge in [0.05, 0.1) is 36.6 Å². The molecule has 8 nitrogen and oxygen atoms in total. The number of hydrogen-bond acceptors (Lipinski definition) is 6. The highest BCUT2D eigenvalue weighted by Gasteiger charge is 2.40. The Labute approximate surface area is 234 Å². The van der Waals surface area contributed by atoms with Crippen molar-refractivity contribution in [3.63, 3.8) is 0 Å². The van der Waals surface area contributed by atoms with Gasteiger partial charge in [-0.1, -0.05) is 39.0 Å². The maximum Gasteiger partial charge on any atom is 0.240 e. The standard InChI is InChI=1S/C30H36N4O4S/c1-18-8-7-9-21(14-18)34-29-26(28(32-34)30(2,3)4)27(19-10-13-22(37-5)23(15-19)38-6)39-17-25(36)33(29)16-24(35)31-20-11-12-20/h7-10,13-15,20,27H,11-12,16-17H2,1-6H3,(H,31,35)/t27-/m0/s1. The third kappa shape index (κ3) is 5.50. The number of hydrogen-bond donors (Lipinski definition) is 1. The van der Waals surface area contributed by atoms with Gasteiger partial charge in [0, 0.05) is 17.0 Å². The highest BCUT2D eigenvalue weighted by molar-refractivity contribution is 8.00. The summed E-state index contributed by atoms with van der Waals surface area (Å²) in [5.74, 6) is 1.86. The molecule has 1 aromatic heterocycles. The maximum absolute atomic E-state index is 13.8. The fraction of sp³-hybridized carbons (Fsp3) is 0.433. The molecule has 2 aromatic carbocycles. The SMILES string of the molecule is COc1ccc([C@@H]2SCC(=O)N(CC(=O)NC3CC3)c3c2c(C(C)(C)C)nn3-c2cccc(C)c2)cc1OC. The molecule has 1 aliphatic heterocycles. The molecule has 5 rings (SSSR count). The minimum Gasteiger partial charge on any atom is -0.493 e. The van der Waals surface area contributed by atoms with Crippen molar-refractivity contribution in [2.75, 3.05) is 31.4 Å². The number of fused-ring (bicyclic) bond motifs is 1. The number of ether oxygens (including phenoxy) is 2. The zero-order valence-electron chi connectivity index (χ0n) is 23.4. The molecular weight excluding hydrogens is 512 g/mol. The van der Waals surface area contributed by atoms with Crippen molar-refractivity contribution in [1.82, 2.24) is 15.1 Å². The highest BCUT2D eigenvalue weighted by atomic mass is 32.2. The summed E-state index contributed by atoms with van der Waals surface area (Å²) in [6, 6.07) is 14.1. The molecule has 3 aromatic rings. The molecule has 0 bridgehead atoms. The lowest BCUT2D eigenvalue weighted by Crippen LogP contribution is -2.43. The minimum absolute atomic E-state index is 0.0529. The summed E-state index contributed by atoms with van der Waals surface area (Å²) in [5.41, 5.74) is 4.40. The predicted molar refractivity (Wildman–Crippen MR) is 154 cm³/mol. The average molecular weight is 549 g/mol. The van der Waals surface area contributed by atoms with E-state index in [-0.39, 0.29) is 40.8 Å². The molecule has 1 fully saturated rings. The summed E-state index contributed by atoms with van der Waals surface area (Å²) >= 11 is 1.55. The van der Waals surface area contributed by atoms with Crippen molar-refractivity contribution < 1.29 is 19.1 Å². The van der Waals surface area contributed by atoms with E-state index in [1.54, 1.807) is 30.9 Å². The largest absolute Gasteiger partial charge is 0.493 e. The first-order valence-corrected chi connectivity index (χ1v) is 14.3.